The Morgan fingerprint density at radius 1 is 1.11 bits per heavy atom. The molecule has 4 N–H and O–H groups in total. The molecule has 1 aliphatic heterocycles. The summed E-state index contributed by atoms with van der Waals surface area (Å²) in [5.74, 6) is -1.78. The molecule has 2 aromatic carbocycles. The fourth-order valence-corrected chi connectivity index (χ4v) is 3.12. The number of hydrogen-bond donors (Lipinski definition) is 3. The molecule has 0 unspecified atom stereocenters. The zero-order valence-corrected chi connectivity index (χ0v) is 17.7. The van der Waals surface area contributed by atoms with Crippen LogP contribution in [0, 0.1) is 15.5 Å². The molecule has 186 valence electrons. The fourth-order valence-electron chi connectivity index (χ4n) is 3.12. The number of nitrogens with zero attached hydrogens (tertiary/aromatic N) is 5. The monoisotopic (exact) mass is 497 g/mol. The van der Waals surface area contributed by atoms with Crippen LogP contribution in [0.25, 0.3) is 11.0 Å². The van der Waals surface area contributed by atoms with Crippen LogP contribution >= 0.6 is 0 Å². The molecule has 0 saturated carbocycles. The Morgan fingerprint density at radius 3 is 2.20 bits per heavy atom. The molecule has 0 aliphatic carbocycles. The lowest BCUT2D eigenvalue weighted by atomic mass is 10.2. The summed E-state index contributed by atoms with van der Waals surface area (Å²) in [7, 11) is 0. The molecule has 13 nitrogen and oxygen atoms in total. The molecule has 2 heterocycles. The number of carboxylic acid groups (broad SMARTS) is 1. The zero-order valence-electron chi connectivity index (χ0n) is 17.7. The van der Waals surface area contributed by atoms with E-state index in [2.05, 4.69) is 19.8 Å². The van der Waals surface area contributed by atoms with Gasteiger partial charge in [-0.1, -0.05) is 0 Å². The van der Waals surface area contributed by atoms with E-state index in [1.54, 1.807) is 0 Å². The number of aliphatic carboxylic acids is 1. The number of anilines is 1. The van der Waals surface area contributed by atoms with Gasteiger partial charge in [-0.2, -0.15) is 13.2 Å². The molecule has 0 spiro atoms. The predicted octanol–water partition coefficient (Wildman–Crippen LogP) is 2.57. The summed E-state index contributed by atoms with van der Waals surface area (Å²) in [6.07, 6.45) is -5.08. The minimum Gasteiger partial charge on any atom is -0.475 e. The van der Waals surface area contributed by atoms with Gasteiger partial charge in [-0.15, -0.1) is 0 Å². The minimum absolute atomic E-state index is 0.0439. The van der Waals surface area contributed by atoms with Gasteiger partial charge in [-0.3, -0.25) is 15.5 Å². The van der Waals surface area contributed by atoms with Crippen LogP contribution in [-0.4, -0.2) is 69.5 Å². The number of nitrogens with one attached hydrogen (secondary N) is 1. The first-order valence-corrected chi connectivity index (χ1v) is 9.79. The van der Waals surface area contributed by atoms with Crippen molar-refractivity contribution >= 4 is 34.3 Å². The summed E-state index contributed by atoms with van der Waals surface area (Å²) in [4.78, 5) is 23.4. The van der Waals surface area contributed by atoms with Crippen molar-refractivity contribution in [2.75, 3.05) is 31.1 Å². The third kappa shape index (κ3) is 6.04. The van der Waals surface area contributed by atoms with Crippen molar-refractivity contribution in [1.29, 1.82) is 5.41 Å². The van der Waals surface area contributed by atoms with E-state index < -0.39 is 17.1 Å². The highest BCUT2D eigenvalue weighted by atomic mass is 19.4. The van der Waals surface area contributed by atoms with Gasteiger partial charge in [0.05, 0.1) is 4.92 Å². The molecule has 1 aromatic heterocycles. The highest BCUT2D eigenvalue weighted by Gasteiger charge is 2.38. The Morgan fingerprint density at radius 2 is 1.69 bits per heavy atom. The first-order chi connectivity index (χ1) is 16.5. The number of guanidine groups is 1. The van der Waals surface area contributed by atoms with Crippen molar-refractivity contribution in [3.63, 3.8) is 0 Å². The van der Waals surface area contributed by atoms with Gasteiger partial charge in [0, 0.05) is 37.9 Å². The average Bonchev–Trinajstić information content (AvgIpc) is 3.30. The number of halogens is 3. The molecule has 4 rings (SSSR count). The van der Waals surface area contributed by atoms with E-state index in [-0.39, 0.29) is 22.7 Å². The third-order valence-corrected chi connectivity index (χ3v) is 4.85. The van der Waals surface area contributed by atoms with Crippen molar-refractivity contribution < 1.29 is 37.4 Å². The molecule has 0 bridgehead atoms. The van der Waals surface area contributed by atoms with Crippen LogP contribution in [0.5, 0.6) is 11.5 Å². The molecule has 35 heavy (non-hydrogen) atoms. The zero-order chi connectivity index (χ0) is 25.8. The second-order valence-electron chi connectivity index (χ2n) is 7.06. The van der Waals surface area contributed by atoms with E-state index in [0.29, 0.717) is 24.6 Å². The Bertz CT molecular complexity index is 1220. The number of nitrogens with two attached hydrogens (primary N) is 1. The van der Waals surface area contributed by atoms with Gasteiger partial charge in [-0.05, 0) is 40.6 Å². The number of aromatic nitrogens is 2. The molecule has 16 heteroatoms. The van der Waals surface area contributed by atoms with Gasteiger partial charge in [-0.25, -0.2) is 9.42 Å². The van der Waals surface area contributed by atoms with Gasteiger partial charge < -0.3 is 25.4 Å². The molecule has 3 aromatic rings. The predicted molar refractivity (Wildman–Crippen MR) is 114 cm³/mol. The fraction of sp³-hybridized carbons (Fsp3) is 0.263. The van der Waals surface area contributed by atoms with Crippen molar-refractivity contribution in [3.05, 3.63) is 46.5 Å². The van der Waals surface area contributed by atoms with E-state index in [4.69, 9.17) is 25.8 Å². The maximum atomic E-state index is 11.1. The van der Waals surface area contributed by atoms with E-state index in [0.717, 1.165) is 18.8 Å². The summed E-state index contributed by atoms with van der Waals surface area (Å²) in [6.45, 7) is 2.95. The quantitative estimate of drug-likeness (QED) is 0.208. The second-order valence-corrected chi connectivity index (χ2v) is 7.06. The molecule has 1 fully saturated rings. The normalized spacial score (nSPS) is 13.7. The molecule has 0 amide bonds. The number of non-ortho nitro benzene ring substituents is 1. The SMILES string of the molecule is N=C(N)N1CCN(c2ccc(Oc3ccc([N+](=O)[O-])c4nonc34)cc2)CC1.O=C(O)C(F)(F)F. The van der Waals surface area contributed by atoms with Crippen molar-refractivity contribution in [1.82, 2.24) is 15.2 Å². The van der Waals surface area contributed by atoms with Crippen molar-refractivity contribution in [2.24, 2.45) is 5.73 Å². The number of fused-ring (bicyclic) bond motifs is 1. The second kappa shape index (κ2) is 10.1. The van der Waals surface area contributed by atoms with E-state index >= 15 is 0 Å². The standard InChI is InChI=1S/C17H17N7O4.C2HF3O2/c18-17(19)23-9-7-22(8-10-23)11-1-3-12(4-2-11)27-14-6-5-13(24(25)26)15-16(14)21-28-20-15;3-2(4,5)1(6)7/h1-6H,7-10H2,(H3,18,19);(H,6,7). The van der Waals surface area contributed by atoms with Gasteiger partial charge in [0.15, 0.2) is 17.2 Å². The van der Waals surface area contributed by atoms with Crippen LogP contribution in [0.4, 0.5) is 24.5 Å². The Hall–Kier alpha value is -4.63. The minimum atomic E-state index is -5.08. The smallest absolute Gasteiger partial charge is 0.475 e. The Labute approximate surface area is 194 Å². The summed E-state index contributed by atoms with van der Waals surface area (Å²) in [5.41, 5.74) is 6.60. The number of nitro benzene ring substituents is 1. The molecule has 1 aliphatic rings. The molecule has 1 saturated heterocycles. The van der Waals surface area contributed by atoms with Gasteiger partial charge in [0.1, 0.15) is 5.75 Å². The number of rotatable bonds is 4. The summed E-state index contributed by atoms with van der Waals surface area (Å²) in [6, 6.07) is 10.3. The Balaban J connectivity index is 0.000000429. The highest BCUT2D eigenvalue weighted by Crippen LogP contribution is 2.33. The van der Waals surface area contributed by atoms with Crippen LogP contribution in [-0.2, 0) is 4.79 Å². The van der Waals surface area contributed by atoms with Crippen LogP contribution in [0.3, 0.4) is 0 Å². The van der Waals surface area contributed by atoms with Gasteiger partial charge >= 0.3 is 17.8 Å². The average molecular weight is 497 g/mol. The number of benzene rings is 2. The lowest BCUT2D eigenvalue weighted by Crippen LogP contribution is -2.50. The number of hydrogen-bond acceptors (Lipinski definition) is 9. The van der Waals surface area contributed by atoms with Crippen LogP contribution in [0.15, 0.2) is 41.0 Å². The maximum Gasteiger partial charge on any atom is 0.490 e. The Kier molecular flexibility index (Phi) is 7.22. The number of nitro groups is 1. The molecule has 0 atom stereocenters. The van der Waals surface area contributed by atoms with Crippen molar-refractivity contribution in [3.8, 4) is 11.5 Å². The van der Waals surface area contributed by atoms with E-state index in [9.17, 15) is 23.3 Å². The van der Waals surface area contributed by atoms with E-state index in [1.165, 1.54) is 12.1 Å². The number of carboxylic acids is 1. The lowest BCUT2D eigenvalue weighted by Gasteiger charge is -2.36. The van der Waals surface area contributed by atoms with Crippen LogP contribution < -0.4 is 15.4 Å². The van der Waals surface area contributed by atoms with E-state index in [1.807, 2.05) is 29.2 Å². The maximum absolute atomic E-state index is 11.1. The molecular formula is C19H18F3N7O6. The highest BCUT2D eigenvalue weighted by molar-refractivity contribution is 5.88. The topological polar surface area (TPSA) is 185 Å². The first kappa shape index (κ1) is 25.0. The molecular weight excluding hydrogens is 479 g/mol. The number of alkyl halides is 3. The third-order valence-electron chi connectivity index (χ3n) is 4.85. The largest absolute Gasteiger partial charge is 0.490 e. The van der Waals surface area contributed by atoms with Gasteiger partial charge in [0.2, 0.25) is 5.52 Å². The number of ether oxygens (including phenoxy) is 1. The lowest BCUT2D eigenvalue weighted by molar-refractivity contribution is -0.383. The van der Waals surface area contributed by atoms with Gasteiger partial charge in [0.25, 0.3) is 0 Å². The molecule has 0 radical (unpaired) electrons. The van der Waals surface area contributed by atoms with Crippen molar-refractivity contribution in [2.45, 2.75) is 6.18 Å². The summed E-state index contributed by atoms with van der Waals surface area (Å²) >= 11 is 0. The summed E-state index contributed by atoms with van der Waals surface area (Å²) < 4.78 is 42.2. The number of piperazine rings is 1. The summed E-state index contributed by atoms with van der Waals surface area (Å²) in [5, 5.41) is 33.0. The van der Waals surface area contributed by atoms with Crippen LogP contribution in [0.2, 0.25) is 0 Å². The first-order valence-electron chi connectivity index (χ1n) is 9.79. The number of carbonyl (C=O) groups is 1. The van der Waals surface area contributed by atoms with Crippen LogP contribution in [0.1, 0.15) is 0 Å².